The Balaban J connectivity index is 1.75. The van der Waals surface area contributed by atoms with E-state index in [1.54, 1.807) is 29.2 Å². The number of para-hydroxylation sites is 1. The molecule has 3 aromatic carbocycles. The van der Waals surface area contributed by atoms with Gasteiger partial charge in [-0.05, 0) is 35.9 Å². The van der Waals surface area contributed by atoms with Crippen LogP contribution in [0, 0.1) is 0 Å². The van der Waals surface area contributed by atoms with Crippen LogP contribution in [0.4, 0.5) is 5.69 Å². The Hall–Kier alpha value is -2.78. The van der Waals surface area contributed by atoms with Gasteiger partial charge in [0.05, 0.1) is 6.54 Å². The third-order valence-electron chi connectivity index (χ3n) is 3.71. The molecule has 0 heterocycles. The van der Waals surface area contributed by atoms with Crippen molar-refractivity contribution in [1.29, 1.82) is 0 Å². The monoisotopic (exact) mass is 351 g/mol. The Morgan fingerprint density at radius 1 is 0.880 bits per heavy atom. The molecule has 3 aromatic rings. The maximum Gasteiger partial charge on any atom is 0.265 e. The zero-order chi connectivity index (χ0) is 17.5. The minimum atomic E-state index is -0.116. The Morgan fingerprint density at radius 2 is 1.56 bits per heavy atom. The van der Waals surface area contributed by atoms with E-state index < -0.39 is 0 Å². The lowest BCUT2D eigenvalue weighted by molar-refractivity contribution is -0.120. The van der Waals surface area contributed by atoms with E-state index in [-0.39, 0.29) is 12.5 Å². The van der Waals surface area contributed by atoms with Gasteiger partial charge in [0.15, 0.2) is 6.61 Å². The van der Waals surface area contributed by atoms with Gasteiger partial charge in [0.1, 0.15) is 5.75 Å². The van der Waals surface area contributed by atoms with E-state index in [4.69, 9.17) is 16.3 Å². The number of nitrogens with zero attached hydrogens (tertiary/aromatic N) is 1. The molecule has 0 N–H and O–H groups in total. The molecule has 0 aliphatic carbocycles. The largest absolute Gasteiger partial charge is 0.484 e. The average Bonchev–Trinajstić information content (AvgIpc) is 2.66. The van der Waals surface area contributed by atoms with Gasteiger partial charge in [-0.3, -0.25) is 4.79 Å². The molecule has 0 aromatic heterocycles. The van der Waals surface area contributed by atoms with Crippen LogP contribution in [0.5, 0.6) is 5.75 Å². The second kappa shape index (κ2) is 8.36. The molecular weight excluding hydrogens is 334 g/mol. The van der Waals surface area contributed by atoms with Gasteiger partial charge in [-0.15, -0.1) is 0 Å². The van der Waals surface area contributed by atoms with Crippen molar-refractivity contribution in [3.63, 3.8) is 0 Å². The van der Waals surface area contributed by atoms with Crippen LogP contribution in [-0.4, -0.2) is 12.5 Å². The number of anilines is 1. The van der Waals surface area contributed by atoms with Crippen molar-refractivity contribution in [3.05, 3.63) is 95.5 Å². The van der Waals surface area contributed by atoms with Crippen molar-refractivity contribution in [1.82, 2.24) is 0 Å². The second-order valence-corrected chi connectivity index (χ2v) is 5.98. The molecule has 0 saturated heterocycles. The fourth-order valence-corrected chi connectivity index (χ4v) is 2.66. The number of rotatable bonds is 6. The van der Waals surface area contributed by atoms with E-state index in [1.165, 1.54) is 0 Å². The molecule has 3 nitrogen and oxygen atoms in total. The number of amides is 1. The summed E-state index contributed by atoms with van der Waals surface area (Å²) in [6.45, 7) is 0.435. The predicted octanol–water partition coefficient (Wildman–Crippen LogP) is 4.95. The molecule has 0 fully saturated rings. The van der Waals surface area contributed by atoms with Crippen LogP contribution in [0.1, 0.15) is 5.56 Å². The minimum absolute atomic E-state index is 0.0535. The minimum Gasteiger partial charge on any atom is -0.484 e. The van der Waals surface area contributed by atoms with Crippen LogP contribution in [0.15, 0.2) is 84.9 Å². The van der Waals surface area contributed by atoms with Crippen LogP contribution in [-0.2, 0) is 11.3 Å². The quantitative estimate of drug-likeness (QED) is 0.628. The highest BCUT2D eigenvalue weighted by Gasteiger charge is 2.17. The van der Waals surface area contributed by atoms with Gasteiger partial charge in [0, 0.05) is 10.7 Å². The van der Waals surface area contributed by atoms with Gasteiger partial charge in [-0.1, -0.05) is 66.2 Å². The number of halogens is 1. The van der Waals surface area contributed by atoms with E-state index in [0.717, 1.165) is 11.3 Å². The van der Waals surface area contributed by atoms with Crippen LogP contribution in [0.25, 0.3) is 0 Å². The number of hydrogen-bond acceptors (Lipinski definition) is 2. The van der Waals surface area contributed by atoms with Crippen molar-refractivity contribution in [3.8, 4) is 5.75 Å². The lowest BCUT2D eigenvalue weighted by Gasteiger charge is -2.23. The zero-order valence-electron chi connectivity index (χ0n) is 13.6. The molecule has 0 atom stereocenters. The Kier molecular flexibility index (Phi) is 5.70. The Morgan fingerprint density at radius 3 is 2.24 bits per heavy atom. The molecule has 126 valence electrons. The van der Waals surface area contributed by atoms with E-state index in [2.05, 4.69) is 0 Å². The normalized spacial score (nSPS) is 10.3. The van der Waals surface area contributed by atoms with Crippen molar-refractivity contribution < 1.29 is 9.53 Å². The van der Waals surface area contributed by atoms with Gasteiger partial charge in [-0.25, -0.2) is 0 Å². The molecule has 25 heavy (non-hydrogen) atoms. The smallest absolute Gasteiger partial charge is 0.265 e. The molecule has 0 aliphatic heterocycles. The summed E-state index contributed by atoms with van der Waals surface area (Å²) < 4.78 is 5.61. The lowest BCUT2D eigenvalue weighted by atomic mass is 10.2. The summed E-state index contributed by atoms with van der Waals surface area (Å²) in [5, 5.41) is 0.578. The number of carbonyl (C=O) groups excluding carboxylic acids is 1. The summed E-state index contributed by atoms with van der Waals surface area (Å²) in [4.78, 5) is 14.5. The summed E-state index contributed by atoms with van der Waals surface area (Å²) in [7, 11) is 0. The lowest BCUT2D eigenvalue weighted by Crippen LogP contribution is -2.34. The molecule has 0 unspecified atom stereocenters. The molecule has 0 aliphatic rings. The first-order valence-electron chi connectivity index (χ1n) is 8.00. The van der Waals surface area contributed by atoms with Crippen molar-refractivity contribution in [2.45, 2.75) is 6.54 Å². The number of benzene rings is 3. The first kappa shape index (κ1) is 17.1. The van der Waals surface area contributed by atoms with E-state index >= 15 is 0 Å². The van der Waals surface area contributed by atoms with Crippen molar-refractivity contribution >= 4 is 23.2 Å². The van der Waals surface area contributed by atoms with Crippen molar-refractivity contribution in [2.75, 3.05) is 11.5 Å². The average molecular weight is 352 g/mol. The predicted molar refractivity (Wildman–Crippen MR) is 101 cm³/mol. The second-order valence-electron chi connectivity index (χ2n) is 5.55. The van der Waals surface area contributed by atoms with Gasteiger partial charge in [0.2, 0.25) is 0 Å². The third-order valence-corrected chi connectivity index (χ3v) is 3.95. The van der Waals surface area contributed by atoms with Crippen LogP contribution >= 0.6 is 11.6 Å². The van der Waals surface area contributed by atoms with Crippen LogP contribution < -0.4 is 9.64 Å². The first-order valence-corrected chi connectivity index (χ1v) is 8.38. The van der Waals surface area contributed by atoms with Crippen molar-refractivity contribution in [2.24, 2.45) is 0 Å². The number of carbonyl (C=O) groups is 1. The number of ether oxygens (including phenoxy) is 1. The summed E-state index contributed by atoms with van der Waals surface area (Å²) in [6, 6.07) is 26.5. The fraction of sp³-hybridized carbons (Fsp3) is 0.0952. The molecule has 0 saturated carbocycles. The first-order chi connectivity index (χ1) is 12.2. The summed E-state index contributed by atoms with van der Waals surface area (Å²) >= 11 is 5.95. The standard InChI is InChI=1S/C21H18ClNO2/c22-18-10-7-13-20(14-18)25-16-21(24)23(19-11-5-2-6-12-19)15-17-8-3-1-4-9-17/h1-14H,15-16H2. The molecule has 0 spiro atoms. The van der Waals surface area contributed by atoms with Gasteiger partial charge >= 0.3 is 0 Å². The molecule has 3 rings (SSSR count). The van der Waals surface area contributed by atoms with Gasteiger partial charge in [-0.2, -0.15) is 0 Å². The Labute approximate surface area is 152 Å². The van der Waals surface area contributed by atoms with Crippen LogP contribution in [0.3, 0.4) is 0 Å². The molecular formula is C21H18ClNO2. The topological polar surface area (TPSA) is 29.5 Å². The van der Waals surface area contributed by atoms with Gasteiger partial charge in [0.25, 0.3) is 5.91 Å². The third kappa shape index (κ3) is 4.85. The van der Waals surface area contributed by atoms with E-state index in [1.807, 2.05) is 60.7 Å². The maximum absolute atomic E-state index is 12.8. The fourth-order valence-electron chi connectivity index (χ4n) is 2.48. The highest BCUT2D eigenvalue weighted by atomic mass is 35.5. The highest BCUT2D eigenvalue weighted by Crippen LogP contribution is 2.19. The summed E-state index contributed by atoms with van der Waals surface area (Å²) in [5.74, 6) is 0.462. The molecule has 1 amide bonds. The Bertz CT molecular complexity index is 822. The number of hydrogen-bond donors (Lipinski definition) is 0. The molecule has 0 bridgehead atoms. The zero-order valence-corrected chi connectivity index (χ0v) is 14.4. The molecule has 4 heteroatoms. The highest BCUT2D eigenvalue weighted by molar-refractivity contribution is 6.30. The van der Waals surface area contributed by atoms with E-state index in [9.17, 15) is 4.79 Å². The SMILES string of the molecule is O=C(COc1cccc(Cl)c1)N(Cc1ccccc1)c1ccccc1. The maximum atomic E-state index is 12.8. The summed E-state index contributed by atoms with van der Waals surface area (Å²) in [5.41, 5.74) is 1.90. The summed E-state index contributed by atoms with van der Waals surface area (Å²) in [6.07, 6.45) is 0. The molecule has 0 radical (unpaired) electrons. The van der Waals surface area contributed by atoms with E-state index in [0.29, 0.717) is 17.3 Å². The van der Waals surface area contributed by atoms with Crippen LogP contribution in [0.2, 0.25) is 5.02 Å². The van der Waals surface area contributed by atoms with Gasteiger partial charge < -0.3 is 9.64 Å².